The fourth-order valence-electron chi connectivity index (χ4n) is 2.95. The van der Waals surface area contributed by atoms with E-state index in [1.165, 1.54) is 6.07 Å². The molecule has 0 unspecified atom stereocenters. The largest absolute Gasteiger partial charge is 0.507 e. The van der Waals surface area contributed by atoms with E-state index in [4.69, 9.17) is 0 Å². The van der Waals surface area contributed by atoms with Crippen molar-refractivity contribution in [3.63, 3.8) is 0 Å². The van der Waals surface area contributed by atoms with Crippen molar-refractivity contribution in [3.05, 3.63) is 124 Å². The van der Waals surface area contributed by atoms with Gasteiger partial charge in [0.1, 0.15) is 17.2 Å². The number of hydrogen-bond donors (Lipinski definition) is 3. The zero-order valence-corrected chi connectivity index (χ0v) is 33.5. The molecule has 4 aromatic carbocycles. The maximum atomic E-state index is 10.2. The number of hydrogen-bond acceptors (Lipinski definition) is 3. The predicted molar refractivity (Wildman–Crippen MR) is 129 cm³/mol. The van der Waals surface area contributed by atoms with Crippen molar-refractivity contribution in [1.82, 2.24) is 0 Å². The standard InChI is InChI=1S/C30H18O3.3Ac/c31-28-9-5-4-8-25(28)15-11-23-13-18-30(33)27(20-23)17-12-24-14-19-29(32)26(21-24)16-10-22-6-2-1-3-7-22;;;/h1-9,13-14,18-21,31-33H;;;. The molecule has 0 saturated carbocycles. The zero-order valence-electron chi connectivity index (χ0n) is 19.2. The molecule has 0 heterocycles. The van der Waals surface area contributed by atoms with Crippen molar-refractivity contribution < 1.29 is 148 Å². The van der Waals surface area contributed by atoms with E-state index < -0.39 is 0 Å². The van der Waals surface area contributed by atoms with Crippen molar-refractivity contribution in [2.75, 3.05) is 0 Å². The van der Waals surface area contributed by atoms with Crippen LogP contribution in [0.1, 0.15) is 33.4 Å². The molecule has 0 amide bonds. The van der Waals surface area contributed by atoms with Crippen LogP contribution in [0.25, 0.3) is 0 Å². The third kappa shape index (κ3) is 9.87. The Morgan fingerprint density at radius 2 is 0.778 bits per heavy atom. The van der Waals surface area contributed by atoms with Crippen LogP contribution in [-0.2, 0) is 0 Å². The van der Waals surface area contributed by atoms with Crippen LogP contribution >= 0.6 is 0 Å². The summed E-state index contributed by atoms with van der Waals surface area (Å²) in [7, 11) is 0. The van der Waals surface area contributed by atoms with Crippen LogP contribution in [0.4, 0.5) is 0 Å². The summed E-state index contributed by atoms with van der Waals surface area (Å²) in [4.78, 5) is 0. The number of phenolic OH excluding ortho intramolecular Hbond substituents is 3. The van der Waals surface area contributed by atoms with E-state index in [1.807, 2.05) is 30.3 Å². The van der Waals surface area contributed by atoms with Gasteiger partial charge >= 0.3 is 0 Å². The van der Waals surface area contributed by atoms with E-state index >= 15 is 0 Å². The minimum absolute atomic E-state index is 0. The van der Waals surface area contributed by atoms with E-state index in [9.17, 15) is 15.3 Å². The molecule has 0 aliphatic rings. The molecule has 3 nitrogen and oxygen atoms in total. The second-order valence-corrected chi connectivity index (χ2v) is 7.10. The van der Waals surface area contributed by atoms with E-state index in [0.29, 0.717) is 27.8 Å². The molecule has 0 aromatic heterocycles. The van der Waals surface area contributed by atoms with Gasteiger partial charge in [0.15, 0.2) is 0 Å². The predicted octanol–water partition coefficient (Wildman–Crippen LogP) is 5.00. The van der Waals surface area contributed by atoms with E-state index in [1.54, 1.807) is 54.6 Å². The molecule has 3 radical (unpaired) electrons. The summed E-state index contributed by atoms with van der Waals surface area (Å²) in [6.45, 7) is 0. The third-order valence-corrected chi connectivity index (χ3v) is 4.70. The molecule has 0 aliphatic heterocycles. The van der Waals surface area contributed by atoms with Crippen LogP contribution in [0.15, 0.2) is 91.0 Å². The fraction of sp³-hybridized carbons (Fsp3) is 0. The molecular weight excluding hydrogens is 1090 g/mol. The van der Waals surface area contributed by atoms with Gasteiger partial charge in [0, 0.05) is 149 Å². The Morgan fingerprint density at radius 1 is 0.361 bits per heavy atom. The van der Waals surface area contributed by atoms with E-state index in [2.05, 4.69) is 35.5 Å². The van der Waals surface area contributed by atoms with E-state index in [0.717, 1.165) is 5.56 Å². The van der Waals surface area contributed by atoms with Crippen molar-refractivity contribution in [2.45, 2.75) is 0 Å². The number of para-hydroxylation sites is 1. The number of benzene rings is 4. The van der Waals surface area contributed by atoms with Crippen LogP contribution in [0.3, 0.4) is 0 Å². The topological polar surface area (TPSA) is 60.7 Å². The summed E-state index contributed by atoms with van der Waals surface area (Å²) in [5.74, 6) is 18.1. The van der Waals surface area contributed by atoms with Crippen LogP contribution in [0.2, 0.25) is 0 Å². The number of rotatable bonds is 0. The van der Waals surface area contributed by atoms with Crippen molar-refractivity contribution in [3.8, 4) is 52.8 Å². The van der Waals surface area contributed by atoms with Gasteiger partial charge in [0.2, 0.25) is 0 Å². The van der Waals surface area contributed by atoms with Gasteiger partial charge in [-0.2, -0.15) is 0 Å². The number of aromatic hydroxyl groups is 3. The first-order valence-electron chi connectivity index (χ1n) is 10.1. The molecule has 0 atom stereocenters. The Hall–Kier alpha value is -0.715. The quantitative estimate of drug-likeness (QED) is 0.218. The molecule has 6 heteroatoms. The van der Waals surface area contributed by atoms with Crippen molar-refractivity contribution in [2.24, 2.45) is 0 Å². The summed E-state index contributed by atoms with van der Waals surface area (Å²) < 4.78 is 0. The van der Waals surface area contributed by atoms with Gasteiger partial charge in [0.25, 0.3) is 0 Å². The van der Waals surface area contributed by atoms with Gasteiger partial charge in [-0.1, -0.05) is 65.9 Å². The Morgan fingerprint density at radius 3 is 1.31 bits per heavy atom. The molecule has 165 valence electrons. The van der Waals surface area contributed by atoms with Gasteiger partial charge in [-0.3, -0.25) is 0 Å². The fourth-order valence-corrected chi connectivity index (χ4v) is 2.95. The minimum Gasteiger partial charge on any atom is -0.507 e. The summed E-state index contributed by atoms with van der Waals surface area (Å²) in [6.07, 6.45) is 0. The van der Waals surface area contributed by atoms with Crippen LogP contribution in [0.5, 0.6) is 17.2 Å². The Balaban J connectivity index is 0.00000216. The molecule has 36 heavy (non-hydrogen) atoms. The minimum atomic E-state index is 0. The first-order valence-corrected chi connectivity index (χ1v) is 10.1. The summed E-state index contributed by atoms with van der Waals surface area (Å²) in [5, 5.41) is 30.2. The van der Waals surface area contributed by atoms with Crippen molar-refractivity contribution >= 4 is 0 Å². The van der Waals surface area contributed by atoms with Crippen LogP contribution < -0.4 is 0 Å². The van der Waals surface area contributed by atoms with Gasteiger partial charge in [-0.25, -0.2) is 0 Å². The molecule has 0 spiro atoms. The van der Waals surface area contributed by atoms with Gasteiger partial charge < -0.3 is 15.3 Å². The van der Waals surface area contributed by atoms with Gasteiger partial charge in [-0.15, -0.1) is 0 Å². The average molecular weight is 1110 g/mol. The molecule has 0 fully saturated rings. The maximum Gasteiger partial charge on any atom is 0.131 e. The summed E-state index contributed by atoms with van der Waals surface area (Å²) >= 11 is 0. The first-order chi connectivity index (χ1) is 16.1. The number of phenols is 3. The average Bonchev–Trinajstić information content (AvgIpc) is 2.84. The van der Waals surface area contributed by atoms with Crippen LogP contribution in [-0.4, -0.2) is 15.3 Å². The van der Waals surface area contributed by atoms with Gasteiger partial charge in [0.05, 0.1) is 16.7 Å². The smallest absolute Gasteiger partial charge is 0.131 e. The Bertz CT molecular complexity index is 1510. The molecule has 0 saturated heterocycles. The summed E-state index contributed by atoms with van der Waals surface area (Å²) in [5.41, 5.74) is 3.56. The van der Waals surface area contributed by atoms with Crippen LogP contribution in [0, 0.1) is 168 Å². The SMILES string of the molecule is Oc1ccccc1C#Cc1ccc(O)c(C#Cc2ccc(O)c(C#Cc3ccccc3)c2)c1.[Ac].[Ac].[Ac]. The zero-order chi connectivity index (χ0) is 23.0. The normalized spacial score (nSPS) is 8.67. The third-order valence-electron chi connectivity index (χ3n) is 4.70. The Labute approximate surface area is 318 Å². The monoisotopic (exact) mass is 1110 g/mol. The molecule has 0 bridgehead atoms. The second-order valence-electron chi connectivity index (χ2n) is 7.10. The molecule has 4 rings (SSSR count). The molecule has 3 N–H and O–H groups in total. The molecular formula is C30H18Ac3O3. The molecule has 0 aliphatic carbocycles. The van der Waals surface area contributed by atoms with Crippen molar-refractivity contribution in [1.29, 1.82) is 0 Å². The molecule has 4 aromatic rings. The maximum absolute atomic E-state index is 10.2. The summed E-state index contributed by atoms with van der Waals surface area (Å²) in [6, 6.07) is 26.2. The van der Waals surface area contributed by atoms with Gasteiger partial charge in [-0.05, 0) is 60.7 Å². The Kier molecular flexibility index (Phi) is 15.7. The first kappa shape index (κ1) is 33.3. The van der Waals surface area contributed by atoms with E-state index in [-0.39, 0.29) is 149 Å². The second kappa shape index (κ2) is 17.0.